The molecule has 0 radical (unpaired) electrons. The fourth-order valence-corrected chi connectivity index (χ4v) is 14.0. The molecule has 112 valence electrons. The molecule has 1 atom stereocenters. The van der Waals surface area contributed by atoms with Gasteiger partial charge in [-0.25, -0.2) is 0 Å². The van der Waals surface area contributed by atoms with Crippen LogP contribution in [0.4, 0.5) is 0 Å². The maximum absolute atomic E-state index is 5.34. The standard InChI is InChI=1S/C15H35NSi3/c1-11-12-13-14(17(2,3)4)16-15(18(5,6)7)19(8,9)10/h12-14H,11H2,1-10H3/b13-12+. The van der Waals surface area contributed by atoms with E-state index in [0.717, 1.165) is 6.42 Å². The number of hydrogen-bond acceptors (Lipinski definition) is 1. The van der Waals surface area contributed by atoms with Gasteiger partial charge >= 0.3 is 0 Å². The average Bonchev–Trinajstić information content (AvgIpc) is 2.11. The lowest BCUT2D eigenvalue weighted by Crippen LogP contribution is -2.51. The highest BCUT2D eigenvalue weighted by Gasteiger charge is 2.35. The fraction of sp³-hybridized carbons (Fsp3) is 0.800. The predicted octanol–water partition coefficient (Wildman–Crippen LogP) is 5.39. The number of rotatable bonds is 6. The van der Waals surface area contributed by atoms with E-state index in [0.29, 0.717) is 5.67 Å². The summed E-state index contributed by atoms with van der Waals surface area (Å²) in [5.74, 6) is 0. The minimum atomic E-state index is -1.30. The van der Waals surface area contributed by atoms with Gasteiger partial charge in [0, 0.05) is 0 Å². The van der Waals surface area contributed by atoms with Crippen LogP contribution in [-0.2, 0) is 0 Å². The van der Waals surface area contributed by atoms with Gasteiger partial charge in [0.15, 0.2) is 0 Å². The van der Waals surface area contributed by atoms with E-state index in [2.05, 4.69) is 78.0 Å². The van der Waals surface area contributed by atoms with Gasteiger partial charge in [0.05, 0.1) is 29.9 Å². The Morgan fingerprint density at radius 2 is 1.32 bits per heavy atom. The zero-order chi connectivity index (χ0) is 15.5. The Labute approximate surface area is 124 Å². The van der Waals surface area contributed by atoms with Crippen LogP contribution in [0.1, 0.15) is 13.3 Å². The van der Waals surface area contributed by atoms with Crippen molar-refractivity contribution in [2.45, 2.75) is 77.9 Å². The Bertz CT molecular complexity index is 322. The lowest BCUT2D eigenvalue weighted by Gasteiger charge is -2.33. The van der Waals surface area contributed by atoms with E-state index in [1.165, 1.54) is 0 Å². The summed E-state index contributed by atoms with van der Waals surface area (Å²) in [7, 11) is -3.88. The van der Waals surface area contributed by atoms with Crippen molar-refractivity contribution in [2.75, 3.05) is 0 Å². The average molecular weight is 314 g/mol. The third-order valence-electron chi connectivity index (χ3n) is 3.13. The van der Waals surface area contributed by atoms with E-state index in [1.54, 1.807) is 4.96 Å². The molecule has 0 aliphatic rings. The summed E-state index contributed by atoms with van der Waals surface area (Å²) in [6.07, 6.45) is 5.80. The molecule has 0 aromatic rings. The molecule has 0 aromatic heterocycles. The highest BCUT2D eigenvalue weighted by Crippen LogP contribution is 2.21. The van der Waals surface area contributed by atoms with Crippen LogP contribution in [0, 0.1) is 0 Å². The summed E-state index contributed by atoms with van der Waals surface area (Å²) in [5.41, 5.74) is 0.459. The van der Waals surface area contributed by atoms with Gasteiger partial charge in [-0.1, -0.05) is 78.0 Å². The molecule has 0 saturated heterocycles. The third-order valence-corrected chi connectivity index (χ3v) is 12.8. The molecule has 0 rings (SSSR count). The monoisotopic (exact) mass is 313 g/mol. The molecule has 0 spiro atoms. The number of allylic oxidation sites excluding steroid dienone is 1. The first-order valence-corrected chi connectivity index (χ1v) is 18.1. The van der Waals surface area contributed by atoms with Crippen LogP contribution >= 0.6 is 0 Å². The van der Waals surface area contributed by atoms with Crippen LogP contribution < -0.4 is 0 Å². The zero-order valence-electron chi connectivity index (χ0n) is 14.9. The largest absolute Gasteiger partial charge is 0.299 e. The minimum absolute atomic E-state index is 0.459. The van der Waals surface area contributed by atoms with Gasteiger partial charge in [-0.15, -0.1) is 0 Å². The minimum Gasteiger partial charge on any atom is -0.299 e. The molecule has 1 unspecified atom stereocenters. The van der Waals surface area contributed by atoms with Crippen LogP contribution in [0.3, 0.4) is 0 Å². The van der Waals surface area contributed by atoms with Crippen LogP contribution in [0.5, 0.6) is 0 Å². The van der Waals surface area contributed by atoms with Crippen LogP contribution in [0.15, 0.2) is 17.1 Å². The van der Waals surface area contributed by atoms with E-state index in [-0.39, 0.29) is 0 Å². The highest BCUT2D eigenvalue weighted by molar-refractivity contribution is 7.32. The van der Waals surface area contributed by atoms with E-state index in [1.807, 2.05) is 0 Å². The Hall–Kier alpha value is 0.0606. The lowest BCUT2D eigenvalue weighted by atomic mass is 10.4. The summed E-state index contributed by atoms with van der Waals surface area (Å²) >= 11 is 0. The molecule has 0 fully saturated rings. The number of nitrogens with zero attached hydrogens (tertiary/aromatic N) is 1. The molecular formula is C15H35NSi3. The van der Waals surface area contributed by atoms with Crippen LogP contribution in [-0.4, -0.2) is 34.8 Å². The van der Waals surface area contributed by atoms with E-state index >= 15 is 0 Å². The molecule has 0 bridgehead atoms. The van der Waals surface area contributed by atoms with Crippen molar-refractivity contribution in [3.8, 4) is 0 Å². The second-order valence-electron chi connectivity index (χ2n) is 8.62. The second kappa shape index (κ2) is 6.68. The number of aliphatic imine (C=N–C) groups is 1. The highest BCUT2D eigenvalue weighted by atomic mass is 28.4. The maximum Gasteiger partial charge on any atom is 0.0898 e. The molecule has 19 heavy (non-hydrogen) atoms. The quantitative estimate of drug-likeness (QED) is 0.354. The smallest absolute Gasteiger partial charge is 0.0898 e. The second-order valence-corrected chi connectivity index (χ2v) is 24.4. The van der Waals surface area contributed by atoms with Crippen molar-refractivity contribution in [1.29, 1.82) is 0 Å². The zero-order valence-corrected chi connectivity index (χ0v) is 17.9. The van der Waals surface area contributed by atoms with Gasteiger partial charge < -0.3 is 0 Å². The van der Waals surface area contributed by atoms with Crippen molar-refractivity contribution >= 4 is 29.2 Å². The molecule has 0 N–H and O–H groups in total. The molecule has 1 nitrogen and oxygen atoms in total. The van der Waals surface area contributed by atoms with Gasteiger partial charge in [-0.3, -0.25) is 4.99 Å². The van der Waals surface area contributed by atoms with E-state index < -0.39 is 24.2 Å². The Morgan fingerprint density at radius 1 is 0.895 bits per heavy atom. The van der Waals surface area contributed by atoms with Crippen molar-refractivity contribution in [3.63, 3.8) is 0 Å². The maximum atomic E-state index is 5.34. The van der Waals surface area contributed by atoms with E-state index in [9.17, 15) is 0 Å². The van der Waals surface area contributed by atoms with Gasteiger partial charge in [-0.2, -0.15) is 0 Å². The van der Waals surface area contributed by atoms with Gasteiger partial charge in [-0.05, 0) is 11.4 Å². The first-order chi connectivity index (χ1) is 8.30. The summed E-state index contributed by atoms with van der Waals surface area (Å²) < 4.78 is 0. The topological polar surface area (TPSA) is 12.4 Å². The van der Waals surface area contributed by atoms with Gasteiger partial charge in [0.1, 0.15) is 0 Å². The normalized spacial score (nSPS) is 15.7. The third kappa shape index (κ3) is 6.86. The lowest BCUT2D eigenvalue weighted by molar-refractivity contribution is 1.06. The Morgan fingerprint density at radius 3 is 1.58 bits per heavy atom. The first kappa shape index (κ1) is 19.1. The molecule has 4 heteroatoms. The SMILES string of the molecule is CC/C=C/C(N=C([Si](C)(C)C)[Si](C)(C)C)[Si](C)(C)C. The Kier molecular flexibility index (Phi) is 6.70. The van der Waals surface area contributed by atoms with Gasteiger partial charge in [0.2, 0.25) is 0 Å². The molecule has 0 aliphatic heterocycles. The summed E-state index contributed by atoms with van der Waals surface area (Å²) in [6, 6.07) is 0. The molecule has 0 aliphatic carbocycles. The van der Waals surface area contributed by atoms with Crippen molar-refractivity contribution in [1.82, 2.24) is 0 Å². The summed E-state index contributed by atoms with van der Waals surface area (Å²) in [4.78, 5) is 6.96. The van der Waals surface area contributed by atoms with Crippen LogP contribution in [0.2, 0.25) is 58.9 Å². The van der Waals surface area contributed by atoms with E-state index in [4.69, 9.17) is 4.99 Å². The molecule has 0 saturated carbocycles. The molecular weight excluding hydrogens is 278 g/mol. The van der Waals surface area contributed by atoms with Gasteiger partial charge in [0.25, 0.3) is 0 Å². The van der Waals surface area contributed by atoms with Crippen molar-refractivity contribution in [3.05, 3.63) is 12.2 Å². The Balaban J connectivity index is 5.67. The summed E-state index contributed by atoms with van der Waals surface area (Å²) in [6.45, 7) is 24.2. The first-order valence-electron chi connectivity index (χ1n) is 7.55. The molecule has 0 amide bonds. The van der Waals surface area contributed by atoms with Crippen molar-refractivity contribution in [2.24, 2.45) is 4.99 Å². The van der Waals surface area contributed by atoms with Crippen LogP contribution in [0.25, 0.3) is 0 Å². The molecule has 0 aromatic carbocycles. The molecule has 0 heterocycles. The summed E-state index contributed by atoms with van der Waals surface area (Å²) in [5, 5.41) is 0. The van der Waals surface area contributed by atoms with Crippen molar-refractivity contribution < 1.29 is 0 Å². The number of hydrogen-bond donors (Lipinski definition) is 0. The fourth-order valence-electron chi connectivity index (χ4n) is 2.44. The predicted molar refractivity (Wildman–Crippen MR) is 101 cm³/mol.